The van der Waals surface area contributed by atoms with Gasteiger partial charge in [-0.1, -0.05) is 0 Å². The third-order valence-corrected chi connectivity index (χ3v) is 5.13. The van der Waals surface area contributed by atoms with Crippen LogP contribution in [0.3, 0.4) is 0 Å². The Morgan fingerprint density at radius 3 is 2.67 bits per heavy atom. The molecule has 0 saturated heterocycles. The van der Waals surface area contributed by atoms with Gasteiger partial charge >= 0.3 is 0 Å². The normalized spacial score (nSPS) is 10.1. The van der Waals surface area contributed by atoms with Crippen LogP contribution in [0.1, 0.15) is 16.0 Å². The Balaban J connectivity index is 1.98. The van der Waals surface area contributed by atoms with Gasteiger partial charge in [-0.05, 0) is 43.7 Å². The van der Waals surface area contributed by atoms with E-state index in [9.17, 15) is 4.79 Å². The fourth-order valence-electron chi connectivity index (χ4n) is 1.73. The number of carbonyl (C=O) groups excluding carboxylic acids is 1. The average Bonchev–Trinajstić information content (AvgIpc) is 2.72. The molecule has 4 nitrogen and oxygen atoms in total. The first-order chi connectivity index (χ1) is 10.0. The number of anilines is 2. The second kappa shape index (κ2) is 6.66. The number of aryl methyl sites for hydroxylation is 1. The van der Waals surface area contributed by atoms with Gasteiger partial charge in [0.1, 0.15) is 11.1 Å². The minimum absolute atomic E-state index is 0.116. The van der Waals surface area contributed by atoms with Gasteiger partial charge in [-0.2, -0.15) is 5.26 Å². The molecule has 0 fully saturated rings. The average molecular weight is 317 g/mol. The molecule has 0 atom stereocenters. The van der Waals surface area contributed by atoms with Gasteiger partial charge < -0.3 is 11.1 Å². The summed E-state index contributed by atoms with van der Waals surface area (Å²) in [6.07, 6.45) is 0. The highest BCUT2D eigenvalue weighted by Crippen LogP contribution is 2.31. The molecule has 1 aromatic carbocycles. The number of amides is 1. The van der Waals surface area contributed by atoms with Crippen molar-refractivity contribution in [1.29, 1.82) is 5.26 Å². The van der Waals surface area contributed by atoms with E-state index < -0.39 is 0 Å². The molecule has 0 bridgehead atoms. The molecule has 21 heavy (non-hydrogen) atoms. The lowest BCUT2D eigenvalue weighted by molar-refractivity contribution is -0.113. The molecular weight excluding hydrogens is 302 g/mol. The highest BCUT2D eigenvalue weighted by molar-refractivity contribution is 8.00. The van der Waals surface area contributed by atoms with Gasteiger partial charge in [-0.25, -0.2) is 0 Å². The highest BCUT2D eigenvalue weighted by atomic mass is 32.2. The lowest BCUT2D eigenvalue weighted by Gasteiger charge is -2.04. The Labute approximate surface area is 132 Å². The molecular formula is C15H15N3OS2. The summed E-state index contributed by atoms with van der Waals surface area (Å²) in [5, 5.41) is 12.6. The Kier molecular flexibility index (Phi) is 4.89. The van der Waals surface area contributed by atoms with Crippen LogP contribution in [0.4, 0.5) is 10.7 Å². The summed E-state index contributed by atoms with van der Waals surface area (Å²) < 4.78 is 0. The zero-order valence-electron chi connectivity index (χ0n) is 11.8. The first-order valence-corrected chi connectivity index (χ1v) is 8.09. The summed E-state index contributed by atoms with van der Waals surface area (Å²) in [4.78, 5) is 14.0. The Hall–Kier alpha value is -1.97. The van der Waals surface area contributed by atoms with Crippen molar-refractivity contribution in [2.45, 2.75) is 18.7 Å². The summed E-state index contributed by atoms with van der Waals surface area (Å²) in [7, 11) is 0. The van der Waals surface area contributed by atoms with Crippen LogP contribution in [0.2, 0.25) is 0 Å². The SMILES string of the molecule is Cc1sc(NC(=O)CSc2ccc(N)cc2)c(C#N)c1C. The molecule has 0 spiro atoms. The molecule has 1 heterocycles. The van der Waals surface area contributed by atoms with Crippen LogP contribution in [0.25, 0.3) is 0 Å². The number of benzene rings is 1. The molecule has 0 radical (unpaired) electrons. The number of carbonyl (C=O) groups is 1. The molecule has 6 heteroatoms. The minimum Gasteiger partial charge on any atom is -0.399 e. The summed E-state index contributed by atoms with van der Waals surface area (Å²) in [5.41, 5.74) is 7.81. The van der Waals surface area contributed by atoms with Crippen molar-refractivity contribution in [1.82, 2.24) is 0 Å². The lowest BCUT2D eigenvalue weighted by Crippen LogP contribution is -2.13. The van der Waals surface area contributed by atoms with Gasteiger partial charge in [0.15, 0.2) is 0 Å². The third kappa shape index (κ3) is 3.78. The number of nitrogens with zero attached hydrogens (tertiary/aromatic N) is 1. The number of hydrogen-bond acceptors (Lipinski definition) is 5. The predicted molar refractivity (Wildman–Crippen MR) is 88.7 cm³/mol. The zero-order chi connectivity index (χ0) is 15.4. The smallest absolute Gasteiger partial charge is 0.235 e. The molecule has 1 aromatic heterocycles. The molecule has 1 amide bonds. The maximum absolute atomic E-state index is 12.0. The molecule has 108 valence electrons. The van der Waals surface area contributed by atoms with Crippen molar-refractivity contribution in [2.24, 2.45) is 0 Å². The molecule has 0 aliphatic rings. The standard InChI is InChI=1S/C15H15N3OS2/c1-9-10(2)21-15(13(9)7-16)18-14(19)8-20-12-5-3-11(17)4-6-12/h3-6H,8,17H2,1-2H3,(H,18,19). The number of nitrogens with one attached hydrogen (secondary N) is 1. The van der Waals surface area contributed by atoms with E-state index in [4.69, 9.17) is 11.0 Å². The second-order valence-electron chi connectivity index (χ2n) is 4.51. The van der Waals surface area contributed by atoms with Gasteiger partial charge in [-0.3, -0.25) is 4.79 Å². The van der Waals surface area contributed by atoms with E-state index in [-0.39, 0.29) is 5.91 Å². The van der Waals surface area contributed by atoms with E-state index in [0.29, 0.717) is 22.0 Å². The monoisotopic (exact) mass is 317 g/mol. The maximum Gasteiger partial charge on any atom is 0.235 e. The molecule has 0 saturated carbocycles. The van der Waals surface area contributed by atoms with E-state index in [1.165, 1.54) is 23.1 Å². The van der Waals surface area contributed by atoms with E-state index in [1.807, 2.05) is 26.0 Å². The molecule has 0 aliphatic carbocycles. The molecule has 2 aromatic rings. The van der Waals surface area contributed by atoms with Crippen LogP contribution < -0.4 is 11.1 Å². The quantitative estimate of drug-likeness (QED) is 0.667. The molecule has 0 aliphatic heterocycles. The van der Waals surface area contributed by atoms with Gasteiger partial charge in [0.25, 0.3) is 0 Å². The Morgan fingerprint density at radius 2 is 2.05 bits per heavy atom. The van der Waals surface area contributed by atoms with Crippen LogP contribution >= 0.6 is 23.1 Å². The van der Waals surface area contributed by atoms with E-state index in [2.05, 4.69) is 11.4 Å². The van der Waals surface area contributed by atoms with Crippen molar-refractivity contribution in [3.8, 4) is 6.07 Å². The fraction of sp³-hybridized carbons (Fsp3) is 0.200. The van der Waals surface area contributed by atoms with Gasteiger partial charge in [-0.15, -0.1) is 23.1 Å². The van der Waals surface area contributed by atoms with Crippen LogP contribution in [0.5, 0.6) is 0 Å². The number of thiophene rings is 1. The van der Waals surface area contributed by atoms with Crippen LogP contribution in [0.15, 0.2) is 29.2 Å². The number of thioether (sulfide) groups is 1. The summed E-state index contributed by atoms with van der Waals surface area (Å²) >= 11 is 2.87. The Morgan fingerprint density at radius 1 is 1.38 bits per heavy atom. The molecule has 0 unspecified atom stereocenters. The topological polar surface area (TPSA) is 78.9 Å². The van der Waals surface area contributed by atoms with Crippen molar-refractivity contribution in [3.05, 3.63) is 40.3 Å². The number of nitrogen functional groups attached to an aromatic ring is 1. The predicted octanol–water partition coefficient (Wildman–Crippen LogP) is 3.55. The largest absolute Gasteiger partial charge is 0.399 e. The van der Waals surface area contributed by atoms with Gasteiger partial charge in [0.2, 0.25) is 5.91 Å². The lowest BCUT2D eigenvalue weighted by atomic mass is 10.2. The van der Waals surface area contributed by atoms with E-state index >= 15 is 0 Å². The third-order valence-electron chi connectivity index (χ3n) is 3.00. The summed E-state index contributed by atoms with van der Waals surface area (Å²) in [6, 6.07) is 9.52. The number of rotatable bonds is 4. The van der Waals surface area contributed by atoms with Crippen molar-refractivity contribution in [2.75, 3.05) is 16.8 Å². The molecule has 2 rings (SSSR count). The number of nitriles is 1. The Bertz CT molecular complexity index is 699. The van der Waals surface area contributed by atoms with Crippen LogP contribution in [0, 0.1) is 25.2 Å². The minimum atomic E-state index is -0.116. The van der Waals surface area contributed by atoms with Gasteiger partial charge in [0, 0.05) is 15.5 Å². The van der Waals surface area contributed by atoms with Crippen LogP contribution in [-0.2, 0) is 4.79 Å². The maximum atomic E-state index is 12.0. The van der Waals surface area contributed by atoms with Crippen molar-refractivity contribution in [3.63, 3.8) is 0 Å². The van der Waals surface area contributed by atoms with Gasteiger partial charge in [0.05, 0.1) is 11.3 Å². The first-order valence-electron chi connectivity index (χ1n) is 6.29. The van der Waals surface area contributed by atoms with Crippen molar-refractivity contribution < 1.29 is 4.79 Å². The summed E-state index contributed by atoms with van der Waals surface area (Å²) in [6.45, 7) is 3.84. The number of hydrogen-bond donors (Lipinski definition) is 2. The summed E-state index contributed by atoms with van der Waals surface area (Å²) in [5.74, 6) is 0.180. The van der Waals surface area contributed by atoms with E-state index in [1.54, 1.807) is 12.1 Å². The van der Waals surface area contributed by atoms with Crippen LogP contribution in [-0.4, -0.2) is 11.7 Å². The zero-order valence-corrected chi connectivity index (χ0v) is 13.4. The fourth-order valence-corrected chi connectivity index (χ4v) is 3.45. The first kappa shape index (κ1) is 15.4. The van der Waals surface area contributed by atoms with E-state index in [0.717, 1.165) is 15.3 Å². The highest BCUT2D eigenvalue weighted by Gasteiger charge is 2.14. The second-order valence-corrected chi connectivity index (χ2v) is 6.78. The number of nitrogens with two attached hydrogens (primary N) is 1. The van der Waals surface area contributed by atoms with Crippen molar-refractivity contribution >= 4 is 39.7 Å². The molecule has 3 N–H and O–H groups in total.